The molecule has 83 heavy (non-hydrogen) atoms. The van der Waals surface area contributed by atoms with Gasteiger partial charge in [0, 0.05) is 86.3 Å². The van der Waals surface area contributed by atoms with Gasteiger partial charge in [0.15, 0.2) is 0 Å². The Hall–Kier alpha value is -3.34. The zero-order chi connectivity index (χ0) is 66.6. The van der Waals surface area contributed by atoms with E-state index in [1.165, 1.54) is 27.7 Å². The van der Waals surface area contributed by atoms with E-state index < -0.39 is 139 Å². The molecule has 0 saturated heterocycles. The van der Waals surface area contributed by atoms with Gasteiger partial charge in [-0.2, -0.15) is 0 Å². The Morgan fingerprint density at radius 2 is 0.554 bits per heavy atom. The van der Waals surface area contributed by atoms with Gasteiger partial charge in [-0.3, -0.25) is 56.8 Å². The maximum absolute atomic E-state index is 12.2. The second kappa shape index (κ2) is 44.1. The second-order valence-electron chi connectivity index (χ2n) is 23.3. The number of carbonyl (C=O) groups excluding carboxylic acids is 2. The summed E-state index contributed by atoms with van der Waals surface area (Å²) in [5, 5.41) is 60.9. The quantitative estimate of drug-likeness (QED) is 0.0256. The Labute approximate surface area is 492 Å². The van der Waals surface area contributed by atoms with Gasteiger partial charge >= 0.3 is 41.8 Å². The number of ketones is 2. The van der Waals surface area contributed by atoms with Crippen LogP contribution in [0.15, 0.2) is 0 Å². The van der Waals surface area contributed by atoms with E-state index in [9.17, 15) is 80.7 Å². The Kier molecular flexibility index (Phi) is 47.0. The third kappa shape index (κ3) is 52.7. The van der Waals surface area contributed by atoms with E-state index in [2.05, 4.69) is 34.6 Å². The number of carboxylic acids is 7. The van der Waals surface area contributed by atoms with Gasteiger partial charge in [-0.05, 0) is 57.8 Å². The van der Waals surface area contributed by atoms with Crippen molar-refractivity contribution >= 4 is 89.7 Å². The summed E-state index contributed by atoms with van der Waals surface area (Å²) in [7, 11) is -15.3. The van der Waals surface area contributed by atoms with Crippen LogP contribution in [0, 0.1) is 59.2 Å². The van der Waals surface area contributed by atoms with Crippen molar-refractivity contribution in [2.24, 2.45) is 59.2 Å². The van der Waals surface area contributed by atoms with Crippen molar-refractivity contribution in [3.63, 3.8) is 0 Å². The van der Waals surface area contributed by atoms with Crippen molar-refractivity contribution < 1.29 is 116 Å². The number of carbonyl (C=O) groups is 9. The smallest absolute Gasteiger partial charge is 0.307 e. The molecule has 15 unspecified atom stereocenters. The lowest BCUT2D eigenvalue weighted by molar-refractivity contribution is -0.144. The van der Waals surface area contributed by atoms with Gasteiger partial charge in [0.05, 0.1) is 43.9 Å². The zero-order valence-corrected chi connectivity index (χ0v) is 56.3. The lowest BCUT2D eigenvalue weighted by atomic mass is 10.1. The monoisotopic (exact) mass is 1290 g/mol. The maximum atomic E-state index is 12.2. The molecule has 0 rings (SSSR count). The van der Waals surface area contributed by atoms with Gasteiger partial charge in [0.1, 0.15) is 11.6 Å². The van der Waals surface area contributed by atoms with Gasteiger partial charge < -0.3 is 59.6 Å². The van der Waals surface area contributed by atoms with Crippen LogP contribution in [0.3, 0.4) is 0 Å². The predicted molar refractivity (Wildman–Crippen MR) is 324 cm³/mol. The fraction of sp³-hybridized carbons (Fsp3) is 0.833. The highest BCUT2D eigenvalue weighted by Crippen LogP contribution is 2.49. The minimum Gasteiger partial charge on any atom is -0.481 e. The molecule has 0 aliphatic rings. The van der Waals surface area contributed by atoms with Gasteiger partial charge in [-0.15, -0.1) is 0 Å². The third-order valence-electron chi connectivity index (χ3n) is 13.1. The lowest BCUT2D eigenvalue weighted by Gasteiger charge is -2.19. The molecule has 0 spiro atoms. The summed E-state index contributed by atoms with van der Waals surface area (Å²) >= 11 is 0. The van der Waals surface area contributed by atoms with Gasteiger partial charge in [0.25, 0.3) is 0 Å². The molecule has 0 heterocycles. The molecule has 0 aromatic rings. The molecule has 0 bridgehead atoms. The van der Waals surface area contributed by atoms with Crippen molar-refractivity contribution in [3.8, 4) is 0 Å². The van der Waals surface area contributed by atoms with Crippen molar-refractivity contribution in [3.05, 3.63) is 0 Å². The number of rotatable bonds is 39. The van der Waals surface area contributed by atoms with Crippen LogP contribution in [0.25, 0.3) is 0 Å². The molecule has 0 aliphatic heterocycles. The highest BCUT2D eigenvalue weighted by molar-refractivity contribution is 7.63. The summed E-state index contributed by atoms with van der Waals surface area (Å²) in [5.74, 6) is -12.5. The van der Waals surface area contributed by atoms with E-state index in [0.29, 0.717) is 42.6 Å². The van der Waals surface area contributed by atoms with E-state index in [0.717, 1.165) is 38.5 Å². The number of hydrogen-bond acceptors (Lipinski definition) is 14. The summed E-state index contributed by atoms with van der Waals surface area (Å²) in [5.41, 5.74) is 0. The third-order valence-corrected chi connectivity index (χ3v) is 25.1. The van der Waals surface area contributed by atoms with E-state index >= 15 is 0 Å². The molecule has 0 aliphatic carbocycles. The van der Waals surface area contributed by atoms with Crippen LogP contribution in [0.4, 0.5) is 0 Å². The van der Waals surface area contributed by atoms with Crippen LogP contribution < -0.4 is 0 Å². The molecular formula is C54H105O24P5. The average Bonchev–Trinajstić information content (AvgIpc) is 3.28. The topological polar surface area (TPSA) is 441 Å². The molecule has 0 amide bonds. The fourth-order valence-corrected chi connectivity index (χ4v) is 21.6. The summed E-state index contributed by atoms with van der Waals surface area (Å²) < 4.78 is 59.8. The number of aliphatic carboxylic acids is 7. The average molecular weight is 1290 g/mol. The van der Waals surface area contributed by atoms with E-state index in [1.807, 2.05) is 6.92 Å². The second-order valence-corrected chi connectivity index (χ2v) is 37.2. The van der Waals surface area contributed by atoms with Crippen molar-refractivity contribution in [2.75, 3.05) is 74.9 Å². The predicted octanol–water partition coefficient (Wildman–Crippen LogP) is 10.8. The molecule has 0 aromatic heterocycles. The van der Waals surface area contributed by atoms with Gasteiger partial charge in [-0.25, -0.2) is 0 Å². The Morgan fingerprint density at radius 3 is 0.771 bits per heavy atom. The zero-order valence-electron chi connectivity index (χ0n) is 51.8. The first-order valence-corrected chi connectivity index (χ1v) is 39.2. The minimum absolute atomic E-state index is 0.00702. The van der Waals surface area contributed by atoms with Crippen LogP contribution in [0.2, 0.25) is 0 Å². The van der Waals surface area contributed by atoms with Crippen molar-refractivity contribution in [1.29, 1.82) is 0 Å². The van der Waals surface area contributed by atoms with Crippen LogP contribution >= 0.6 is 36.4 Å². The Bertz CT molecular complexity index is 2070. The van der Waals surface area contributed by atoms with E-state index in [4.69, 9.17) is 35.7 Å². The highest BCUT2D eigenvalue weighted by atomic mass is 31.2. The first-order valence-electron chi connectivity index (χ1n) is 28.1. The maximum Gasteiger partial charge on any atom is 0.307 e. The summed E-state index contributed by atoms with van der Waals surface area (Å²) in [6, 6.07) is 0. The van der Waals surface area contributed by atoms with Crippen molar-refractivity contribution in [1.82, 2.24) is 0 Å². The normalized spacial score (nSPS) is 18.3. The highest BCUT2D eigenvalue weighted by Gasteiger charge is 2.34. The van der Waals surface area contributed by atoms with Crippen molar-refractivity contribution in [2.45, 2.75) is 154 Å². The number of hydrogen-bond donors (Lipinski definition) is 10. The molecular weight excluding hydrogens is 1190 g/mol. The summed E-state index contributed by atoms with van der Waals surface area (Å²) in [6.45, 7) is 26.4. The largest absolute Gasteiger partial charge is 0.481 e. The molecule has 10 N–H and O–H groups in total. The molecule has 0 fully saturated rings. The SMILES string of the molecule is CC(=O)C(C)CP(=O)(O)CC(CCC(=O)O)C(=O)O.CC(CP(=O)(O)CC(CCC(=O)O)C(=O)O)C(=O)O.CCCC(C)CP(=O)(O)CC(C)C(C)=O.CCCC(C)CP(C)(=O)CC(C)C(=O)O.CCCC(C)CP(C)(=O)CC(C)C(=O)O. The standard InChI is InChI=1S/C11H19O7P.3C11H23O3P.C10H17O8P/c1-7(8(2)12)5-19(17,18)6-9(11(15)16)3-4-10(13)14;2*1-5-6-9(2)7-15(4,14)8-10(3)11(12)13;1-5-6-9(2)7-15(13,14)8-10(3)11(4)12;1-6(9(13)14)4-19(17,18)5-7(10(15)16)2-3-8(11)12/h7,9H,3-6H2,1-2H3,(H,13,14)(H,15,16)(H,17,18);2*9-10H,5-8H2,1-4H3,(H,12,13);9-10H,5-8H2,1-4H3,(H,13,14);6-7H,2-5H2,1H3,(H,11,12)(H,13,14)(H,15,16)(H,17,18). The Balaban J connectivity index is -0.000000307. The summed E-state index contributed by atoms with van der Waals surface area (Å²) in [6.07, 6.45) is 5.62. The molecule has 29 heteroatoms. The molecule has 15 atom stereocenters. The van der Waals surface area contributed by atoms with Crippen LogP contribution in [0.1, 0.15) is 154 Å². The minimum atomic E-state index is -3.93. The van der Waals surface area contributed by atoms with E-state index in [-0.39, 0.29) is 55.0 Å². The molecule has 0 saturated carbocycles. The number of Topliss-reactive ketones (excluding diaryl/α,β-unsaturated/α-hetero) is 2. The first kappa shape index (κ1) is 88.4. The Morgan fingerprint density at radius 1 is 0.325 bits per heavy atom. The van der Waals surface area contributed by atoms with Crippen LogP contribution in [-0.2, 0) is 66.0 Å². The molecule has 490 valence electrons. The van der Waals surface area contributed by atoms with Crippen LogP contribution in [-0.4, -0.2) is 179 Å². The molecule has 0 aromatic carbocycles. The fourth-order valence-electron chi connectivity index (χ4n) is 8.73. The van der Waals surface area contributed by atoms with Crippen LogP contribution in [0.5, 0.6) is 0 Å². The molecule has 0 radical (unpaired) electrons. The number of carboxylic acid groups (broad SMARTS) is 7. The van der Waals surface area contributed by atoms with Gasteiger partial charge in [0.2, 0.25) is 22.1 Å². The van der Waals surface area contributed by atoms with Gasteiger partial charge in [-0.1, -0.05) is 115 Å². The summed E-state index contributed by atoms with van der Waals surface area (Å²) in [4.78, 5) is 126. The lowest BCUT2D eigenvalue weighted by Crippen LogP contribution is -2.22. The first-order chi connectivity index (χ1) is 37.4. The molecule has 24 nitrogen and oxygen atoms in total. The van der Waals surface area contributed by atoms with E-state index in [1.54, 1.807) is 34.1 Å².